The number of halogens is 1. The topological polar surface area (TPSA) is 50.8 Å². The van der Waals surface area contributed by atoms with E-state index in [4.69, 9.17) is 9.47 Å². The maximum absolute atomic E-state index is 12.4. The summed E-state index contributed by atoms with van der Waals surface area (Å²) in [5.74, 6) is 1.78. The minimum Gasteiger partial charge on any atom is -0.486 e. The summed E-state index contributed by atoms with van der Waals surface area (Å²) in [6.07, 6.45) is 0. The van der Waals surface area contributed by atoms with Gasteiger partial charge >= 0.3 is 0 Å². The second-order valence-electron chi connectivity index (χ2n) is 7.09. The summed E-state index contributed by atoms with van der Waals surface area (Å²) in [7, 11) is 1.94. The molecule has 2 aromatic rings. The first-order chi connectivity index (χ1) is 12.9. The Kier molecular flexibility index (Phi) is 6.39. The van der Waals surface area contributed by atoms with Crippen LogP contribution in [0.4, 0.5) is 5.69 Å². The minimum absolute atomic E-state index is 0.0753. The number of nitrogens with zero attached hydrogens (tertiary/aromatic N) is 1. The molecule has 1 aliphatic heterocycles. The Morgan fingerprint density at radius 3 is 2.41 bits per heavy atom. The first kappa shape index (κ1) is 19.7. The van der Waals surface area contributed by atoms with Crippen molar-refractivity contribution >= 4 is 27.5 Å². The molecule has 1 aliphatic rings. The van der Waals surface area contributed by atoms with Crippen LogP contribution >= 0.6 is 15.9 Å². The molecule has 0 aromatic heterocycles. The summed E-state index contributed by atoms with van der Waals surface area (Å²) >= 11 is 3.48. The maximum atomic E-state index is 12.4. The maximum Gasteiger partial charge on any atom is 0.238 e. The SMILES string of the molecule is CC(C)c1ccc(CN(C)CC(=O)Nc2cc3c(cc2Br)OCCO3)cc1. The fourth-order valence-corrected chi connectivity index (χ4v) is 3.39. The Labute approximate surface area is 168 Å². The standard InChI is InChI=1S/C21H25BrN2O3/c1-14(2)16-6-4-15(5-7-16)12-24(3)13-21(25)23-18-11-20-19(10-17(18)22)26-8-9-27-20/h4-7,10-11,14H,8-9,12-13H2,1-3H3,(H,23,25). The van der Waals surface area contributed by atoms with Crippen LogP contribution < -0.4 is 14.8 Å². The van der Waals surface area contributed by atoms with Crippen molar-refractivity contribution in [1.29, 1.82) is 0 Å². The first-order valence-electron chi connectivity index (χ1n) is 9.08. The number of carbonyl (C=O) groups excluding carboxylic acids is 1. The van der Waals surface area contributed by atoms with Crippen molar-refractivity contribution in [3.63, 3.8) is 0 Å². The average molecular weight is 433 g/mol. The first-order valence-corrected chi connectivity index (χ1v) is 9.88. The molecular formula is C21H25BrN2O3. The van der Waals surface area contributed by atoms with Crippen LogP contribution in [0.5, 0.6) is 11.5 Å². The lowest BCUT2D eigenvalue weighted by molar-refractivity contribution is -0.117. The molecule has 1 N–H and O–H groups in total. The van der Waals surface area contributed by atoms with E-state index in [1.54, 1.807) is 6.07 Å². The van der Waals surface area contributed by atoms with Gasteiger partial charge in [-0.25, -0.2) is 0 Å². The number of amides is 1. The predicted molar refractivity (Wildman–Crippen MR) is 111 cm³/mol. The number of rotatable bonds is 6. The number of likely N-dealkylation sites (N-methyl/N-ethyl adjacent to an activating group) is 1. The van der Waals surface area contributed by atoms with E-state index < -0.39 is 0 Å². The summed E-state index contributed by atoms with van der Waals surface area (Å²) < 4.78 is 11.9. The number of benzene rings is 2. The van der Waals surface area contributed by atoms with E-state index in [2.05, 4.69) is 59.4 Å². The summed E-state index contributed by atoms with van der Waals surface area (Å²) in [4.78, 5) is 14.4. The molecule has 3 rings (SSSR count). The third-order valence-corrected chi connectivity index (χ3v) is 5.07. The molecule has 2 aromatic carbocycles. The Morgan fingerprint density at radius 1 is 1.15 bits per heavy atom. The summed E-state index contributed by atoms with van der Waals surface area (Å²) in [5.41, 5.74) is 3.19. The highest BCUT2D eigenvalue weighted by Gasteiger charge is 2.16. The fourth-order valence-electron chi connectivity index (χ4n) is 2.97. The van der Waals surface area contributed by atoms with E-state index >= 15 is 0 Å². The molecule has 5 nitrogen and oxygen atoms in total. The zero-order valence-corrected chi connectivity index (χ0v) is 17.5. The lowest BCUT2D eigenvalue weighted by Gasteiger charge is -2.21. The van der Waals surface area contributed by atoms with Gasteiger partial charge in [-0.3, -0.25) is 9.69 Å². The monoisotopic (exact) mass is 432 g/mol. The highest BCUT2D eigenvalue weighted by molar-refractivity contribution is 9.10. The Hall–Kier alpha value is -2.05. The van der Waals surface area contributed by atoms with Gasteiger partial charge in [0.2, 0.25) is 5.91 Å². The average Bonchev–Trinajstić information content (AvgIpc) is 2.62. The third kappa shape index (κ3) is 5.23. The molecule has 0 spiro atoms. The van der Waals surface area contributed by atoms with Crippen LogP contribution in [0.3, 0.4) is 0 Å². The van der Waals surface area contributed by atoms with Crippen molar-refractivity contribution < 1.29 is 14.3 Å². The van der Waals surface area contributed by atoms with Crippen LogP contribution in [0.2, 0.25) is 0 Å². The van der Waals surface area contributed by atoms with E-state index in [-0.39, 0.29) is 5.91 Å². The van der Waals surface area contributed by atoms with Gasteiger partial charge < -0.3 is 14.8 Å². The fraction of sp³-hybridized carbons (Fsp3) is 0.381. The Bertz CT molecular complexity index is 806. The van der Waals surface area contributed by atoms with E-state index in [9.17, 15) is 4.79 Å². The summed E-state index contributed by atoms with van der Waals surface area (Å²) in [6, 6.07) is 12.2. The van der Waals surface area contributed by atoms with Crippen molar-refractivity contribution in [1.82, 2.24) is 4.90 Å². The van der Waals surface area contributed by atoms with Gasteiger partial charge in [-0.1, -0.05) is 38.1 Å². The van der Waals surface area contributed by atoms with Gasteiger partial charge in [0.15, 0.2) is 11.5 Å². The van der Waals surface area contributed by atoms with Gasteiger partial charge in [0.25, 0.3) is 0 Å². The number of hydrogen-bond acceptors (Lipinski definition) is 4. The van der Waals surface area contributed by atoms with Crippen LogP contribution in [0.15, 0.2) is 40.9 Å². The van der Waals surface area contributed by atoms with Crippen LogP contribution in [-0.2, 0) is 11.3 Å². The number of hydrogen-bond donors (Lipinski definition) is 1. The summed E-state index contributed by atoms with van der Waals surface area (Å²) in [5, 5.41) is 2.94. The molecule has 1 heterocycles. The molecule has 0 fully saturated rings. The molecular weight excluding hydrogens is 408 g/mol. The normalized spacial score (nSPS) is 13.1. The van der Waals surface area contributed by atoms with Crippen LogP contribution in [0.25, 0.3) is 0 Å². The second-order valence-corrected chi connectivity index (χ2v) is 7.95. The lowest BCUT2D eigenvalue weighted by Crippen LogP contribution is -2.30. The van der Waals surface area contributed by atoms with Crippen LogP contribution in [0.1, 0.15) is 30.9 Å². The largest absolute Gasteiger partial charge is 0.486 e. The smallest absolute Gasteiger partial charge is 0.238 e. The van der Waals surface area contributed by atoms with Gasteiger partial charge in [0, 0.05) is 23.2 Å². The number of anilines is 1. The van der Waals surface area contributed by atoms with Crippen molar-refractivity contribution in [2.24, 2.45) is 0 Å². The number of ether oxygens (including phenoxy) is 2. The molecule has 144 valence electrons. The van der Waals surface area contributed by atoms with E-state index in [1.165, 1.54) is 11.1 Å². The molecule has 27 heavy (non-hydrogen) atoms. The second kappa shape index (κ2) is 8.76. The molecule has 0 atom stereocenters. The Morgan fingerprint density at radius 2 is 1.78 bits per heavy atom. The minimum atomic E-state index is -0.0753. The van der Waals surface area contributed by atoms with E-state index in [1.807, 2.05) is 18.0 Å². The van der Waals surface area contributed by atoms with Crippen molar-refractivity contribution in [2.75, 3.05) is 32.1 Å². The number of carbonyl (C=O) groups is 1. The zero-order valence-electron chi connectivity index (χ0n) is 15.9. The number of nitrogens with one attached hydrogen (secondary N) is 1. The van der Waals surface area contributed by atoms with Crippen molar-refractivity contribution in [3.05, 3.63) is 52.0 Å². The van der Waals surface area contributed by atoms with Crippen LogP contribution in [0, 0.1) is 0 Å². The third-order valence-electron chi connectivity index (χ3n) is 4.42. The number of fused-ring (bicyclic) bond motifs is 1. The van der Waals surface area contributed by atoms with E-state index in [0.717, 1.165) is 4.47 Å². The highest BCUT2D eigenvalue weighted by atomic mass is 79.9. The molecule has 0 aliphatic carbocycles. The van der Waals surface area contributed by atoms with Crippen molar-refractivity contribution in [2.45, 2.75) is 26.3 Å². The lowest BCUT2D eigenvalue weighted by atomic mass is 10.0. The predicted octanol–water partition coefficient (Wildman–Crippen LogP) is 4.41. The zero-order chi connectivity index (χ0) is 19.4. The summed E-state index contributed by atoms with van der Waals surface area (Å²) in [6.45, 7) is 6.43. The van der Waals surface area contributed by atoms with Gasteiger partial charge in [-0.15, -0.1) is 0 Å². The van der Waals surface area contributed by atoms with Gasteiger partial charge in [0.05, 0.1) is 12.2 Å². The van der Waals surface area contributed by atoms with E-state index in [0.29, 0.717) is 49.4 Å². The van der Waals surface area contributed by atoms with Gasteiger partial charge in [-0.05, 0) is 40.0 Å². The van der Waals surface area contributed by atoms with Gasteiger partial charge in [0.1, 0.15) is 13.2 Å². The molecule has 1 amide bonds. The molecule has 0 bridgehead atoms. The highest BCUT2D eigenvalue weighted by Crippen LogP contribution is 2.38. The quantitative estimate of drug-likeness (QED) is 0.733. The molecule has 6 heteroatoms. The van der Waals surface area contributed by atoms with Crippen LogP contribution in [-0.4, -0.2) is 37.6 Å². The van der Waals surface area contributed by atoms with Gasteiger partial charge in [-0.2, -0.15) is 0 Å². The molecule has 0 saturated heterocycles. The molecule has 0 saturated carbocycles. The Balaban J connectivity index is 1.57. The molecule has 0 radical (unpaired) electrons. The molecule has 0 unspecified atom stereocenters. The van der Waals surface area contributed by atoms with Crippen molar-refractivity contribution in [3.8, 4) is 11.5 Å².